The molecule has 3 unspecified atom stereocenters. The molecule has 120 valence electrons. The van der Waals surface area contributed by atoms with Crippen molar-refractivity contribution in [3.05, 3.63) is 0 Å². The van der Waals surface area contributed by atoms with Crippen LogP contribution < -0.4 is 5.32 Å². The molecular formula is C19H33NO. The Balaban J connectivity index is 1.52. The maximum Gasteiger partial charge on any atom is 0.0468 e. The van der Waals surface area contributed by atoms with E-state index in [-0.39, 0.29) is 0 Å². The van der Waals surface area contributed by atoms with Gasteiger partial charge in [0.05, 0.1) is 0 Å². The van der Waals surface area contributed by atoms with Crippen LogP contribution in [0, 0.1) is 28.6 Å². The molecule has 5 fully saturated rings. The van der Waals surface area contributed by atoms with E-state index in [1.165, 1.54) is 51.4 Å². The Labute approximate surface area is 130 Å². The predicted octanol–water partition coefficient (Wildman–Crippen LogP) is 4.00. The molecule has 5 rings (SSSR count). The van der Waals surface area contributed by atoms with Crippen LogP contribution in [0.3, 0.4) is 0 Å². The second-order valence-corrected chi connectivity index (χ2v) is 9.27. The molecule has 5 aliphatic rings. The van der Waals surface area contributed by atoms with E-state index < -0.39 is 0 Å². The van der Waals surface area contributed by atoms with E-state index in [0.29, 0.717) is 10.8 Å². The van der Waals surface area contributed by atoms with Crippen LogP contribution in [0.1, 0.15) is 64.7 Å². The van der Waals surface area contributed by atoms with Crippen LogP contribution in [-0.2, 0) is 4.74 Å². The maximum absolute atomic E-state index is 5.56. The molecule has 4 saturated carbocycles. The lowest BCUT2D eigenvalue weighted by atomic mass is 9.43. The van der Waals surface area contributed by atoms with Crippen LogP contribution in [0.2, 0.25) is 0 Å². The van der Waals surface area contributed by atoms with Crippen LogP contribution in [0.4, 0.5) is 0 Å². The minimum absolute atomic E-state index is 0.631. The summed E-state index contributed by atoms with van der Waals surface area (Å²) in [4.78, 5) is 0. The van der Waals surface area contributed by atoms with Gasteiger partial charge in [-0.15, -0.1) is 0 Å². The van der Waals surface area contributed by atoms with Gasteiger partial charge in [-0.05, 0) is 93.4 Å². The van der Waals surface area contributed by atoms with Crippen molar-refractivity contribution >= 4 is 0 Å². The van der Waals surface area contributed by atoms with Gasteiger partial charge >= 0.3 is 0 Å². The Bertz CT molecular complexity index is 373. The topological polar surface area (TPSA) is 21.3 Å². The molecule has 1 N–H and O–H groups in total. The summed E-state index contributed by atoms with van der Waals surface area (Å²) in [6, 6.07) is 0.755. The van der Waals surface area contributed by atoms with E-state index in [1.54, 1.807) is 6.42 Å². The molecule has 4 bridgehead atoms. The van der Waals surface area contributed by atoms with Crippen LogP contribution in [0.5, 0.6) is 0 Å². The molecule has 0 radical (unpaired) electrons. The second kappa shape index (κ2) is 5.23. The van der Waals surface area contributed by atoms with Gasteiger partial charge in [0, 0.05) is 19.3 Å². The Kier molecular flexibility index (Phi) is 3.61. The minimum Gasteiger partial charge on any atom is -0.381 e. The van der Waals surface area contributed by atoms with Gasteiger partial charge in [-0.1, -0.05) is 6.92 Å². The summed E-state index contributed by atoms with van der Waals surface area (Å²) in [6.07, 6.45) is 13.1. The van der Waals surface area contributed by atoms with E-state index >= 15 is 0 Å². The van der Waals surface area contributed by atoms with Gasteiger partial charge in [-0.3, -0.25) is 0 Å². The van der Waals surface area contributed by atoms with Crippen LogP contribution >= 0.6 is 0 Å². The first-order valence-corrected chi connectivity index (χ1v) is 9.36. The number of nitrogens with one attached hydrogen (secondary N) is 1. The standard InChI is InChI=1S/C19H33NO/c1-18-9-15-7-16(10-18)12-19(11-15,13-18)17(20-2)8-14-3-5-21-6-4-14/h14-17,20H,3-13H2,1-2H3. The van der Waals surface area contributed by atoms with Gasteiger partial charge in [0.25, 0.3) is 0 Å². The van der Waals surface area contributed by atoms with Crippen molar-refractivity contribution in [3.63, 3.8) is 0 Å². The summed E-state index contributed by atoms with van der Waals surface area (Å²) in [7, 11) is 2.23. The summed E-state index contributed by atoms with van der Waals surface area (Å²) in [5.74, 6) is 2.99. The summed E-state index contributed by atoms with van der Waals surface area (Å²) in [6.45, 7) is 4.59. The molecule has 0 spiro atoms. The summed E-state index contributed by atoms with van der Waals surface area (Å²) < 4.78 is 5.56. The zero-order chi connectivity index (χ0) is 14.5. The summed E-state index contributed by atoms with van der Waals surface area (Å²) >= 11 is 0. The fourth-order valence-corrected chi connectivity index (χ4v) is 7.20. The second-order valence-electron chi connectivity index (χ2n) is 9.27. The van der Waals surface area contributed by atoms with Gasteiger partial charge in [-0.25, -0.2) is 0 Å². The van der Waals surface area contributed by atoms with Crippen LogP contribution in [0.25, 0.3) is 0 Å². The first-order valence-electron chi connectivity index (χ1n) is 9.36. The van der Waals surface area contributed by atoms with Crippen molar-refractivity contribution in [3.8, 4) is 0 Å². The highest BCUT2D eigenvalue weighted by Crippen LogP contribution is 2.66. The van der Waals surface area contributed by atoms with Crippen molar-refractivity contribution in [1.82, 2.24) is 5.32 Å². The fraction of sp³-hybridized carbons (Fsp3) is 1.00. The third-order valence-corrected chi connectivity index (χ3v) is 7.40. The zero-order valence-corrected chi connectivity index (χ0v) is 14.0. The Morgan fingerprint density at radius 2 is 1.76 bits per heavy atom. The van der Waals surface area contributed by atoms with Crippen molar-refractivity contribution < 1.29 is 4.74 Å². The Morgan fingerprint density at radius 3 is 2.33 bits per heavy atom. The molecule has 21 heavy (non-hydrogen) atoms. The summed E-state index contributed by atoms with van der Waals surface area (Å²) in [5.41, 5.74) is 1.31. The molecule has 0 aromatic carbocycles. The Morgan fingerprint density at radius 1 is 1.10 bits per heavy atom. The normalized spacial score (nSPS) is 47.7. The Hall–Kier alpha value is -0.0800. The quantitative estimate of drug-likeness (QED) is 0.845. The lowest BCUT2D eigenvalue weighted by Crippen LogP contribution is -2.58. The molecule has 3 atom stereocenters. The van der Waals surface area contributed by atoms with Crippen molar-refractivity contribution in [2.75, 3.05) is 20.3 Å². The van der Waals surface area contributed by atoms with Crippen molar-refractivity contribution in [1.29, 1.82) is 0 Å². The molecule has 1 heterocycles. The van der Waals surface area contributed by atoms with Gasteiger partial charge in [0.15, 0.2) is 0 Å². The van der Waals surface area contributed by atoms with Crippen LogP contribution in [-0.4, -0.2) is 26.3 Å². The smallest absolute Gasteiger partial charge is 0.0468 e. The number of ether oxygens (including phenoxy) is 1. The van der Waals surface area contributed by atoms with E-state index in [4.69, 9.17) is 4.74 Å². The van der Waals surface area contributed by atoms with E-state index in [2.05, 4.69) is 19.3 Å². The average Bonchev–Trinajstić information content (AvgIpc) is 2.43. The fourth-order valence-electron chi connectivity index (χ4n) is 7.20. The molecule has 0 aromatic rings. The molecular weight excluding hydrogens is 258 g/mol. The molecule has 2 nitrogen and oxygen atoms in total. The SMILES string of the molecule is CNC(CC1CCOCC1)C12CC3CC(CC(C)(C3)C1)C2. The highest BCUT2D eigenvalue weighted by Gasteiger charge is 2.58. The van der Waals surface area contributed by atoms with Gasteiger partial charge in [0.1, 0.15) is 0 Å². The maximum atomic E-state index is 5.56. The molecule has 4 aliphatic carbocycles. The molecule has 0 amide bonds. The predicted molar refractivity (Wildman–Crippen MR) is 86.2 cm³/mol. The van der Waals surface area contributed by atoms with Gasteiger partial charge in [-0.2, -0.15) is 0 Å². The third kappa shape index (κ3) is 2.57. The minimum atomic E-state index is 0.631. The monoisotopic (exact) mass is 291 g/mol. The van der Waals surface area contributed by atoms with E-state index in [0.717, 1.165) is 37.0 Å². The molecule has 1 aliphatic heterocycles. The van der Waals surface area contributed by atoms with E-state index in [9.17, 15) is 0 Å². The zero-order valence-electron chi connectivity index (χ0n) is 14.0. The van der Waals surface area contributed by atoms with Crippen molar-refractivity contribution in [2.24, 2.45) is 28.6 Å². The largest absolute Gasteiger partial charge is 0.381 e. The summed E-state index contributed by atoms with van der Waals surface area (Å²) in [5, 5.41) is 3.78. The molecule has 2 heteroatoms. The molecule has 1 saturated heterocycles. The lowest BCUT2D eigenvalue weighted by molar-refractivity contribution is -0.121. The first kappa shape index (κ1) is 14.5. The number of hydrogen-bond donors (Lipinski definition) is 1. The first-order chi connectivity index (χ1) is 10.1. The highest BCUT2D eigenvalue weighted by atomic mass is 16.5. The van der Waals surface area contributed by atoms with E-state index in [1.807, 2.05) is 0 Å². The highest BCUT2D eigenvalue weighted by molar-refractivity contribution is 5.10. The lowest BCUT2D eigenvalue weighted by Gasteiger charge is -2.64. The average molecular weight is 291 g/mol. The third-order valence-electron chi connectivity index (χ3n) is 7.40. The van der Waals surface area contributed by atoms with Gasteiger partial charge in [0.2, 0.25) is 0 Å². The van der Waals surface area contributed by atoms with Crippen LogP contribution in [0.15, 0.2) is 0 Å². The number of rotatable bonds is 4. The molecule has 0 aromatic heterocycles. The number of hydrogen-bond acceptors (Lipinski definition) is 2. The van der Waals surface area contributed by atoms with Crippen molar-refractivity contribution in [2.45, 2.75) is 70.8 Å². The van der Waals surface area contributed by atoms with Gasteiger partial charge < -0.3 is 10.1 Å².